The zero-order valence-corrected chi connectivity index (χ0v) is 12.1. The lowest BCUT2D eigenvalue weighted by Crippen LogP contribution is -2.38. The second kappa shape index (κ2) is 6.39. The summed E-state index contributed by atoms with van der Waals surface area (Å²) in [5.74, 6) is 1.20. The van der Waals surface area contributed by atoms with E-state index in [0.717, 1.165) is 32.0 Å². The van der Waals surface area contributed by atoms with Gasteiger partial charge in [-0.3, -0.25) is 4.79 Å². The van der Waals surface area contributed by atoms with E-state index in [0.29, 0.717) is 11.9 Å². The van der Waals surface area contributed by atoms with Crippen molar-refractivity contribution in [3.63, 3.8) is 0 Å². The van der Waals surface area contributed by atoms with Gasteiger partial charge in [0.1, 0.15) is 0 Å². The maximum Gasteiger partial charge on any atom is 0.225 e. The van der Waals surface area contributed by atoms with Gasteiger partial charge in [0.25, 0.3) is 0 Å². The van der Waals surface area contributed by atoms with Gasteiger partial charge in [-0.1, -0.05) is 27.7 Å². The molecule has 0 aliphatic carbocycles. The number of nitrogens with zero attached hydrogens (tertiary/aromatic N) is 2. The summed E-state index contributed by atoms with van der Waals surface area (Å²) in [6.07, 6.45) is 2.37. The van der Waals surface area contributed by atoms with Crippen LogP contribution in [0, 0.1) is 11.8 Å². The van der Waals surface area contributed by atoms with Crippen molar-refractivity contribution in [3.05, 3.63) is 0 Å². The van der Waals surface area contributed by atoms with Crippen LogP contribution in [0.15, 0.2) is 0 Å². The van der Waals surface area contributed by atoms with Crippen LogP contribution in [0.4, 0.5) is 0 Å². The molecular weight excluding hydrogens is 212 g/mol. The van der Waals surface area contributed by atoms with Crippen LogP contribution in [0.1, 0.15) is 40.5 Å². The molecule has 1 rings (SSSR count). The Morgan fingerprint density at radius 1 is 1.35 bits per heavy atom. The minimum atomic E-state index is 0.134. The van der Waals surface area contributed by atoms with E-state index >= 15 is 0 Å². The molecule has 17 heavy (non-hydrogen) atoms. The lowest BCUT2D eigenvalue weighted by atomic mass is 10.1. The summed E-state index contributed by atoms with van der Waals surface area (Å²) in [6, 6.07) is 0.566. The Kier molecular flexibility index (Phi) is 5.44. The molecule has 0 radical (unpaired) electrons. The Morgan fingerprint density at radius 2 is 2.00 bits per heavy atom. The third kappa shape index (κ3) is 4.30. The molecule has 1 saturated heterocycles. The number of carbonyl (C=O) groups is 1. The Morgan fingerprint density at radius 3 is 2.53 bits per heavy atom. The predicted molar refractivity (Wildman–Crippen MR) is 71.9 cm³/mol. The van der Waals surface area contributed by atoms with E-state index in [4.69, 9.17) is 0 Å². The van der Waals surface area contributed by atoms with Crippen LogP contribution in [0.3, 0.4) is 0 Å². The molecule has 0 aromatic rings. The molecule has 1 heterocycles. The molecule has 0 spiro atoms. The minimum Gasteiger partial charge on any atom is -0.341 e. The summed E-state index contributed by atoms with van der Waals surface area (Å²) in [4.78, 5) is 16.3. The second-order valence-corrected chi connectivity index (χ2v) is 6.04. The summed E-state index contributed by atoms with van der Waals surface area (Å²) in [5.41, 5.74) is 0. The first-order valence-electron chi connectivity index (χ1n) is 6.90. The van der Waals surface area contributed by atoms with Gasteiger partial charge in [0.05, 0.1) is 0 Å². The van der Waals surface area contributed by atoms with E-state index in [1.54, 1.807) is 0 Å². The quantitative estimate of drug-likeness (QED) is 0.735. The predicted octanol–water partition coefficient (Wildman–Crippen LogP) is 2.22. The molecule has 0 saturated carbocycles. The Bertz CT molecular complexity index is 251. The molecular formula is C14H28N2O. The molecule has 1 atom stereocenters. The topological polar surface area (TPSA) is 23.6 Å². The van der Waals surface area contributed by atoms with E-state index < -0.39 is 0 Å². The molecule has 0 N–H and O–H groups in total. The van der Waals surface area contributed by atoms with Crippen LogP contribution in [0.25, 0.3) is 0 Å². The second-order valence-electron chi connectivity index (χ2n) is 6.04. The average molecular weight is 240 g/mol. The van der Waals surface area contributed by atoms with Gasteiger partial charge < -0.3 is 9.80 Å². The summed E-state index contributed by atoms with van der Waals surface area (Å²) >= 11 is 0. The zero-order chi connectivity index (χ0) is 13.0. The fraction of sp³-hybridized carbons (Fsp3) is 0.929. The van der Waals surface area contributed by atoms with Gasteiger partial charge >= 0.3 is 0 Å². The number of likely N-dealkylation sites (tertiary alicyclic amines) is 1. The summed E-state index contributed by atoms with van der Waals surface area (Å²) in [6.45, 7) is 11.5. The number of hydrogen-bond acceptors (Lipinski definition) is 2. The Balaban J connectivity index is 2.36. The highest BCUT2D eigenvalue weighted by molar-refractivity contribution is 5.78. The summed E-state index contributed by atoms with van der Waals surface area (Å²) in [7, 11) is 2.19. The summed E-state index contributed by atoms with van der Waals surface area (Å²) < 4.78 is 0. The standard InChI is InChI=1S/C14H28N2O/c1-11(2)6-8-15(5)13-7-9-16(10-13)14(17)12(3)4/h11-13H,6-10H2,1-5H3/t13-/m0/s1. The molecule has 1 aliphatic heterocycles. The van der Waals surface area contributed by atoms with E-state index in [1.807, 2.05) is 18.7 Å². The summed E-state index contributed by atoms with van der Waals surface area (Å²) in [5, 5.41) is 0. The van der Waals surface area contributed by atoms with Crippen molar-refractivity contribution in [2.75, 3.05) is 26.7 Å². The van der Waals surface area contributed by atoms with Crippen LogP contribution in [-0.4, -0.2) is 48.4 Å². The van der Waals surface area contributed by atoms with Crippen LogP contribution >= 0.6 is 0 Å². The van der Waals surface area contributed by atoms with Crippen LogP contribution in [0.5, 0.6) is 0 Å². The highest BCUT2D eigenvalue weighted by Gasteiger charge is 2.29. The van der Waals surface area contributed by atoms with Gasteiger partial charge in [-0.2, -0.15) is 0 Å². The average Bonchev–Trinajstić information content (AvgIpc) is 2.73. The van der Waals surface area contributed by atoms with Crippen LogP contribution in [-0.2, 0) is 4.79 Å². The van der Waals surface area contributed by atoms with Gasteiger partial charge in [0, 0.05) is 25.0 Å². The zero-order valence-electron chi connectivity index (χ0n) is 12.1. The molecule has 3 nitrogen and oxygen atoms in total. The van der Waals surface area contributed by atoms with E-state index in [1.165, 1.54) is 6.42 Å². The smallest absolute Gasteiger partial charge is 0.225 e. The van der Waals surface area contributed by atoms with Crippen molar-refractivity contribution >= 4 is 5.91 Å². The van der Waals surface area contributed by atoms with Gasteiger partial charge in [-0.05, 0) is 32.4 Å². The maximum atomic E-state index is 11.9. The number of hydrogen-bond donors (Lipinski definition) is 0. The fourth-order valence-corrected chi connectivity index (χ4v) is 2.31. The fourth-order valence-electron chi connectivity index (χ4n) is 2.31. The van der Waals surface area contributed by atoms with Crippen molar-refractivity contribution in [3.8, 4) is 0 Å². The van der Waals surface area contributed by atoms with Crippen molar-refractivity contribution in [2.45, 2.75) is 46.6 Å². The third-order valence-corrected chi connectivity index (χ3v) is 3.65. The Labute approximate surface area is 106 Å². The normalized spacial score (nSPS) is 20.9. The van der Waals surface area contributed by atoms with E-state index in [2.05, 4.69) is 25.8 Å². The maximum absolute atomic E-state index is 11.9. The molecule has 0 bridgehead atoms. The monoisotopic (exact) mass is 240 g/mol. The molecule has 0 aromatic heterocycles. The first-order chi connectivity index (χ1) is 7.91. The number of amides is 1. The number of carbonyl (C=O) groups excluding carboxylic acids is 1. The van der Waals surface area contributed by atoms with Gasteiger partial charge in [-0.15, -0.1) is 0 Å². The minimum absolute atomic E-state index is 0.134. The van der Waals surface area contributed by atoms with Crippen LogP contribution in [0.2, 0.25) is 0 Å². The van der Waals surface area contributed by atoms with E-state index in [-0.39, 0.29) is 5.92 Å². The molecule has 0 aromatic carbocycles. The van der Waals surface area contributed by atoms with Crippen molar-refractivity contribution in [1.29, 1.82) is 0 Å². The molecule has 1 amide bonds. The number of rotatable bonds is 5. The molecule has 3 heteroatoms. The lowest BCUT2D eigenvalue weighted by Gasteiger charge is -2.25. The highest BCUT2D eigenvalue weighted by Crippen LogP contribution is 2.17. The molecule has 1 aliphatic rings. The SMILES string of the molecule is CC(C)CCN(C)[C@H]1CCN(C(=O)C(C)C)C1. The highest BCUT2D eigenvalue weighted by atomic mass is 16.2. The van der Waals surface area contributed by atoms with Crippen molar-refractivity contribution in [2.24, 2.45) is 11.8 Å². The number of likely N-dealkylation sites (N-methyl/N-ethyl adjacent to an activating group) is 1. The third-order valence-electron chi connectivity index (χ3n) is 3.65. The Hall–Kier alpha value is -0.570. The van der Waals surface area contributed by atoms with Crippen molar-refractivity contribution in [1.82, 2.24) is 9.80 Å². The van der Waals surface area contributed by atoms with Gasteiger partial charge in [0.15, 0.2) is 0 Å². The first-order valence-corrected chi connectivity index (χ1v) is 6.90. The first kappa shape index (κ1) is 14.5. The van der Waals surface area contributed by atoms with Crippen LogP contribution < -0.4 is 0 Å². The van der Waals surface area contributed by atoms with E-state index in [9.17, 15) is 4.79 Å². The molecule has 100 valence electrons. The van der Waals surface area contributed by atoms with Crippen molar-refractivity contribution < 1.29 is 4.79 Å². The van der Waals surface area contributed by atoms with Gasteiger partial charge in [0.2, 0.25) is 5.91 Å². The lowest BCUT2D eigenvalue weighted by molar-refractivity contribution is -0.133. The van der Waals surface area contributed by atoms with Gasteiger partial charge in [-0.25, -0.2) is 0 Å². The largest absolute Gasteiger partial charge is 0.341 e. The molecule has 0 unspecified atom stereocenters. The molecule has 1 fully saturated rings.